The number of aryl methyl sites for hydroxylation is 1. The molecule has 4 aromatic rings. The predicted molar refractivity (Wildman–Crippen MR) is 120 cm³/mol. The third kappa shape index (κ3) is 4.06. The van der Waals surface area contributed by atoms with Gasteiger partial charge in [-0.3, -0.25) is 9.59 Å². The van der Waals surface area contributed by atoms with E-state index in [0.717, 1.165) is 0 Å². The van der Waals surface area contributed by atoms with E-state index in [1.807, 2.05) is 0 Å². The fourth-order valence-corrected chi connectivity index (χ4v) is 3.41. The van der Waals surface area contributed by atoms with Crippen LogP contribution in [0.1, 0.15) is 20.7 Å². The third-order valence-electron chi connectivity index (χ3n) is 4.77. The predicted octanol–water partition coefficient (Wildman–Crippen LogP) is 4.66. The molecule has 31 heavy (non-hydrogen) atoms. The summed E-state index contributed by atoms with van der Waals surface area (Å²) in [4.78, 5) is 39.0. The number of fused-ring (bicyclic) bond motifs is 1. The second-order valence-corrected chi connectivity index (χ2v) is 7.24. The number of para-hydroxylation sites is 1. The lowest BCUT2D eigenvalue weighted by Crippen LogP contribution is -2.30. The Bertz CT molecular complexity index is 1350. The Morgan fingerprint density at radius 1 is 0.935 bits per heavy atom. The molecule has 0 aliphatic heterocycles. The van der Waals surface area contributed by atoms with E-state index < -0.39 is 17.4 Å². The van der Waals surface area contributed by atoms with Gasteiger partial charge in [-0.05, 0) is 42.5 Å². The maximum atomic E-state index is 13.1. The van der Waals surface area contributed by atoms with Crippen molar-refractivity contribution in [3.63, 3.8) is 0 Å². The van der Waals surface area contributed by atoms with Crippen LogP contribution in [0.3, 0.4) is 0 Å². The average molecular weight is 433 g/mol. The highest BCUT2D eigenvalue weighted by molar-refractivity contribution is 6.31. The Balaban J connectivity index is 1.90. The first-order chi connectivity index (χ1) is 15.0. The van der Waals surface area contributed by atoms with Gasteiger partial charge in [0.2, 0.25) is 0 Å². The lowest BCUT2D eigenvalue weighted by atomic mass is 10.1. The molecule has 1 N–H and O–H groups in total. The lowest BCUT2D eigenvalue weighted by molar-refractivity contribution is 0.0735. The van der Waals surface area contributed by atoms with Gasteiger partial charge in [-0.2, -0.15) is 0 Å². The molecule has 0 bridgehead atoms. The quantitative estimate of drug-likeness (QED) is 0.476. The van der Waals surface area contributed by atoms with Gasteiger partial charge in [0.05, 0.1) is 11.1 Å². The van der Waals surface area contributed by atoms with Crippen molar-refractivity contribution >= 4 is 40.1 Å². The maximum Gasteiger partial charge on any atom is 0.343 e. The van der Waals surface area contributed by atoms with E-state index in [2.05, 4.69) is 5.32 Å². The summed E-state index contributed by atoms with van der Waals surface area (Å²) in [5.74, 6) is -1.52. The number of esters is 1. The van der Waals surface area contributed by atoms with Gasteiger partial charge in [-0.25, -0.2) is 4.79 Å². The summed E-state index contributed by atoms with van der Waals surface area (Å²) in [5.41, 5.74) is 0.375. The summed E-state index contributed by atoms with van der Waals surface area (Å²) in [6.07, 6.45) is 0. The highest BCUT2D eigenvalue weighted by atomic mass is 35.5. The molecule has 0 saturated carbocycles. The number of aromatic nitrogens is 1. The first-order valence-electron chi connectivity index (χ1n) is 9.41. The summed E-state index contributed by atoms with van der Waals surface area (Å²) in [6.45, 7) is 0. The number of benzene rings is 3. The molecule has 1 heterocycles. The zero-order valence-corrected chi connectivity index (χ0v) is 17.2. The van der Waals surface area contributed by atoms with Gasteiger partial charge in [0, 0.05) is 23.1 Å². The van der Waals surface area contributed by atoms with Gasteiger partial charge in [0.1, 0.15) is 5.56 Å². The van der Waals surface area contributed by atoms with E-state index in [9.17, 15) is 14.4 Å². The van der Waals surface area contributed by atoms with Crippen LogP contribution in [-0.4, -0.2) is 16.4 Å². The standard InChI is InChI=1S/C24H17ClN2O4/c1-27-19-13-12-16(25)14-18(19)21(31-24(30)15-8-4-2-5-9-15)20(23(27)29)22(28)26-17-10-6-3-7-11-17/h2-14H,1H3,(H,26,28). The molecule has 0 aliphatic rings. The van der Waals surface area contributed by atoms with Crippen LogP contribution in [-0.2, 0) is 7.05 Å². The van der Waals surface area contributed by atoms with Gasteiger partial charge < -0.3 is 14.6 Å². The number of pyridine rings is 1. The molecule has 0 aliphatic carbocycles. The molecule has 0 radical (unpaired) electrons. The number of nitrogens with zero attached hydrogens (tertiary/aromatic N) is 1. The molecule has 154 valence electrons. The van der Waals surface area contributed by atoms with E-state index in [1.165, 1.54) is 4.57 Å². The largest absolute Gasteiger partial charge is 0.421 e. The number of nitrogens with one attached hydrogen (secondary N) is 1. The fraction of sp³-hybridized carbons (Fsp3) is 0.0417. The molecular formula is C24H17ClN2O4. The second-order valence-electron chi connectivity index (χ2n) is 6.81. The van der Waals surface area contributed by atoms with E-state index in [1.54, 1.807) is 85.9 Å². The molecule has 1 amide bonds. The molecule has 0 spiro atoms. The molecule has 7 heteroatoms. The highest BCUT2D eigenvalue weighted by Crippen LogP contribution is 2.31. The van der Waals surface area contributed by atoms with Crippen LogP contribution in [0.25, 0.3) is 10.9 Å². The van der Waals surface area contributed by atoms with Crippen LogP contribution < -0.4 is 15.6 Å². The summed E-state index contributed by atoms with van der Waals surface area (Å²) in [7, 11) is 1.54. The van der Waals surface area contributed by atoms with Crippen molar-refractivity contribution in [3.05, 3.63) is 105 Å². The zero-order chi connectivity index (χ0) is 22.0. The Morgan fingerprint density at radius 3 is 2.26 bits per heavy atom. The van der Waals surface area contributed by atoms with E-state index >= 15 is 0 Å². The van der Waals surface area contributed by atoms with Crippen LogP contribution in [0.4, 0.5) is 5.69 Å². The number of halogens is 1. The summed E-state index contributed by atoms with van der Waals surface area (Å²) in [6, 6.07) is 21.8. The molecule has 0 unspecified atom stereocenters. The van der Waals surface area contributed by atoms with Crippen molar-refractivity contribution in [1.29, 1.82) is 0 Å². The molecular weight excluding hydrogens is 416 g/mol. The van der Waals surface area contributed by atoms with Crippen molar-refractivity contribution < 1.29 is 14.3 Å². The Kier molecular flexibility index (Phi) is 5.56. The summed E-state index contributed by atoms with van der Waals surface area (Å²) in [5, 5.41) is 3.43. The number of hydrogen-bond donors (Lipinski definition) is 1. The number of carbonyl (C=O) groups excluding carboxylic acids is 2. The number of hydrogen-bond acceptors (Lipinski definition) is 4. The Hall–Kier alpha value is -3.90. The minimum Gasteiger partial charge on any atom is -0.421 e. The molecule has 1 aromatic heterocycles. The molecule has 6 nitrogen and oxygen atoms in total. The van der Waals surface area contributed by atoms with Gasteiger partial charge in [0.15, 0.2) is 5.75 Å². The van der Waals surface area contributed by atoms with Crippen LogP contribution in [0, 0.1) is 0 Å². The smallest absolute Gasteiger partial charge is 0.343 e. The number of amides is 1. The highest BCUT2D eigenvalue weighted by Gasteiger charge is 2.25. The lowest BCUT2D eigenvalue weighted by Gasteiger charge is -2.16. The minimum absolute atomic E-state index is 0.136. The number of rotatable bonds is 4. The first kappa shape index (κ1) is 20.4. The Labute approximate surface area is 182 Å². The van der Waals surface area contributed by atoms with Gasteiger partial charge in [0.25, 0.3) is 11.5 Å². The first-order valence-corrected chi connectivity index (χ1v) is 9.79. The summed E-state index contributed by atoms with van der Waals surface area (Å²) >= 11 is 6.17. The van der Waals surface area contributed by atoms with Gasteiger partial charge in [-0.1, -0.05) is 48.0 Å². The van der Waals surface area contributed by atoms with E-state index in [4.69, 9.17) is 16.3 Å². The van der Waals surface area contributed by atoms with Crippen LogP contribution in [0.5, 0.6) is 5.75 Å². The minimum atomic E-state index is -0.691. The average Bonchev–Trinajstić information content (AvgIpc) is 2.78. The zero-order valence-electron chi connectivity index (χ0n) is 16.5. The third-order valence-corrected chi connectivity index (χ3v) is 5.01. The van der Waals surface area contributed by atoms with Crippen molar-refractivity contribution in [2.75, 3.05) is 5.32 Å². The van der Waals surface area contributed by atoms with Gasteiger partial charge >= 0.3 is 5.97 Å². The van der Waals surface area contributed by atoms with Crippen LogP contribution in [0.15, 0.2) is 83.7 Å². The molecule has 4 rings (SSSR count). The monoisotopic (exact) mass is 432 g/mol. The molecule has 3 aromatic carbocycles. The van der Waals surface area contributed by atoms with Crippen molar-refractivity contribution in [3.8, 4) is 5.75 Å². The fourth-order valence-electron chi connectivity index (χ4n) is 3.24. The normalized spacial score (nSPS) is 10.6. The van der Waals surface area contributed by atoms with Crippen molar-refractivity contribution in [2.24, 2.45) is 7.05 Å². The molecule has 0 fully saturated rings. The molecule has 0 atom stereocenters. The Morgan fingerprint density at radius 2 is 1.58 bits per heavy atom. The number of ether oxygens (including phenoxy) is 1. The van der Waals surface area contributed by atoms with E-state index in [0.29, 0.717) is 21.6 Å². The topological polar surface area (TPSA) is 77.4 Å². The number of carbonyl (C=O) groups is 2. The van der Waals surface area contributed by atoms with Crippen molar-refractivity contribution in [1.82, 2.24) is 4.57 Å². The SMILES string of the molecule is Cn1c(=O)c(C(=O)Nc2ccccc2)c(OC(=O)c2ccccc2)c2cc(Cl)ccc21. The molecule has 0 saturated heterocycles. The number of anilines is 1. The van der Waals surface area contributed by atoms with Crippen molar-refractivity contribution in [2.45, 2.75) is 0 Å². The maximum absolute atomic E-state index is 13.1. The summed E-state index contributed by atoms with van der Waals surface area (Å²) < 4.78 is 6.95. The second kappa shape index (κ2) is 8.45. The van der Waals surface area contributed by atoms with Crippen LogP contribution in [0.2, 0.25) is 5.02 Å². The van der Waals surface area contributed by atoms with Crippen LogP contribution >= 0.6 is 11.6 Å². The van der Waals surface area contributed by atoms with E-state index in [-0.39, 0.29) is 16.9 Å². The van der Waals surface area contributed by atoms with Gasteiger partial charge in [-0.15, -0.1) is 0 Å².